The minimum absolute atomic E-state index is 0.128. The van der Waals surface area contributed by atoms with Crippen LogP contribution in [0.5, 0.6) is 0 Å². The molecule has 20 heavy (non-hydrogen) atoms. The lowest BCUT2D eigenvalue weighted by molar-refractivity contribution is -0.119. The number of nitrogens with one attached hydrogen (secondary N) is 2. The van der Waals surface area contributed by atoms with Gasteiger partial charge in [-0.1, -0.05) is 13.8 Å². The van der Waals surface area contributed by atoms with Crippen molar-refractivity contribution in [3.8, 4) is 0 Å². The molecule has 0 bridgehead atoms. The Hall–Kier alpha value is -1.26. The molecule has 0 saturated carbocycles. The highest BCUT2D eigenvalue weighted by molar-refractivity contribution is 5.81. The van der Waals surface area contributed by atoms with Crippen LogP contribution in [0.3, 0.4) is 0 Å². The maximum absolute atomic E-state index is 11.6. The van der Waals surface area contributed by atoms with Crippen molar-refractivity contribution >= 4 is 11.9 Å². The van der Waals surface area contributed by atoms with Crippen molar-refractivity contribution in [2.24, 2.45) is 16.3 Å². The van der Waals surface area contributed by atoms with E-state index in [4.69, 9.17) is 4.99 Å². The fourth-order valence-corrected chi connectivity index (χ4v) is 3.12. The highest BCUT2D eigenvalue weighted by atomic mass is 16.1. The summed E-state index contributed by atoms with van der Waals surface area (Å²) >= 11 is 0. The summed E-state index contributed by atoms with van der Waals surface area (Å²) in [5.74, 6) is 1.78. The number of hydrogen-bond acceptors (Lipinski definition) is 2. The molecule has 2 aliphatic heterocycles. The number of hydrogen-bond donors (Lipinski definition) is 2. The number of carbonyl (C=O) groups excluding carboxylic acids is 1. The van der Waals surface area contributed by atoms with Gasteiger partial charge in [-0.3, -0.25) is 9.79 Å². The van der Waals surface area contributed by atoms with Crippen LogP contribution in [0.2, 0.25) is 0 Å². The van der Waals surface area contributed by atoms with Gasteiger partial charge >= 0.3 is 0 Å². The van der Waals surface area contributed by atoms with Gasteiger partial charge in [0.25, 0.3) is 0 Å². The van der Waals surface area contributed by atoms with Crippen LogP contribution in [0.1, 0.15) is 40.0 Å². The number of aliphatic imine (C=N–C) groups is 1. The number of carbonyl (C=O) groups is 1. The summed E-state index contributed by atoms with van der Waals surface area (Å²) in [4.78, 5) is 18.6. The Bertz CT molecular complexity index is 380. The molecule has 5 nitrogen and oxygen atoms in total. The molecule has 2 aliphatic rings. The SMILES string of the molecule is CCNC(=NCC(C)C)N1CCCC2(CNC(=O)C2)C1. The summed E-state index contributed by atoms with van der Waals surface area (Å²) in [6.07, 6.45) is 2.96. The van der Waals surface area contributed by atoms with Crippen molar-refractivity contribution < 1.29 is 4.79 Å². The molecular formula is C15H28N4O. The van der Waals surface area contributed by atoms with Crippen LogP contribution in [-0.2, 0) is 4.79 Å². The number of rotatable bonds is 3. The van der Waals surface area contributed by atoms with Crippen molar-refractivity contribution in [3.63, 3.8) is 0 Å². The zero-order valence-corrected chi connectivity index (χ0v) is 13.0. The van der Waals surface area contributed by atoms with E-state index < -0.39 is 0 Å². The number of amides is 1. The van der Waals surface area contributed by atoms with Gasteiger partial charge in [-0.2, -0.15) is 0 Å². The number of piperidine rings is 1. The Balaban J connectivity index is 2.05. The third-order valence-electron chi connectivity index (χ3n) is 4.10. The van der Waals surface area contributed by atoms with Crippen LogP contribution >= 0.6 is 0 Å². The molecule has 1 spiro atoms. The van der Waals surface area contributed by atoms with Gasteiger partial charge < -0.3 is 15.5 Å². The van der Waals surface area contributed by atoms with Gasteiger partial charge in [-0.15, -0.1) is 0 Å². The average molecular weight is 280 g/mol. The second-order valence-electron chi connectivity index (χ2n) is 6.57. The fraction of sp³-hybridized carbons (Fsp3) is 0.867. The molecule has 0 aromatic rings. The molecule has 0 radical (unpaired) electrons. The lowest BCUT2D eigenvalue weighted by atomic mass is 9.79. The monoisotopic (exact) mass is 280 g/mol. The molecule has 2 rings (SSSR count). The first-order chi connectivity index (χ1) is 9.54. The largest absolute Gasteiger partial charge is 0.357 e. The van der Waals surface area contributed by atoms with E-state index in [1.54, 1.807) is 0 Å². The Morgan fingerprint density at radius 1 is 1.55 bits per heavy atom. The average Bonchev–Trinajstić information content (AvgIpc) is 2.75. The zero-order valence-electron chi connectivity index (χ0n) is 13.0. The van der Waals surface area contributed by atoms with E-state index in [1.807, 2.05) is 0 Å². The Morgan fingerprint density at radius 2 is 2.35 bits per heavy atom. The molecule has 2 saturated heterocycles. The summed E-state index contributed by atoms with van der Waals surface area (Å²) in [6, 6.07) is 0. The molecule has 2 N–H and O–H groups in total. The van der Waals surface area contributed by atoms with E-state index in [-0.39, 0.29) is 11.3 Å². The van der Waals surface area contributed by atoms with Crippen molar-refractivity contribution in [2.45, 2.75) is 40.0 Å². The summed E-state index contributed by atoms with van der Waals surface area (Å²) < 4.78 is 0. The van der Waals surface area contributed by atoms with Gasteiger partial charge in [0.2, 0.25) is 5.91 Å². The third kappa shape index (κ3) is 3.64. The van der Waals surface area contributed by atoms with Crippen LogP contribution in [0.15, 0.2) is 4.99 Å². The standard InChI is InChI=1S/C15H28N4O/c1-4-16-14(17-9-12(2)3)19-7-5-6-15(11-19)8-13(20)18-10-15/h12H,4-11H2,1-3H3,(H,16,17)(H,18,20). The first kappa shape index (κ1) is 15.1. The predicted octanol–water partition coefficient (Wildman–Crippen LogP) is 1.21. The van der Waals surface area contributed by atoms with Gasteiger partial charge in [0.15, 0.2) is 5.96 Å². The third-order valence-corrected chi connectivity index (χ3v) is 4.10. The Labute approximate surface area is 122 Å². The normalized spacial score (nSPS) is 27.3. The van der Waals surface area contributed by atoms with Gasteiger partial charge in [0, 0.05) is 44.6 Å². The summed E-state index contributed by atoms with van der Waals surface area (Å²) in [5.41, 5.74) is 0.128. The van der Waals surface area contributed by atoms with E-state index in [9.17, 15) is 4.79 Å². The summed E-state index contributed by atoms with van der Waals surface area (Å²) in [6.45, 7) is 11.0. The molecular weight excluding hydrogens is 252 g/mol. The summed E-state index contributed by atoms with van der Waals surface area (Å²) in [5, 5.41) is 6.39. The molecule has 0 aliphatic carbocycles. The smallest absolute Gasteiger partial charge is 0.220 e. The molecule has 5 heteroatoms. The Kier molecular flexibility index (Phi) is 4.89. The van der Waals surface area contributed by atoms with Crippen molar-refractivity contribution in [2.75, 3.05) is 32.7 Å². The Morgan fingerprint density at radius 3 is 2.95 bits per heavy atom. The maximum atomic E-state index is 11.6. The van der Waals surface area contributed by atoms with E-state index in [0.29, 0.717) is 12.3 Å². The second kappa shape index (κ2) is 6.46. The van der Waals surface area contributed by atoms with E-state index >= 15 is 0 Å². The van der Waals surface area contributed by atoms with Crippen LogP contribution in [0.4, 0.5) is 0 Å². The molecule has 114 valence electrons. The van der Waals surface area contributed by atoms with Crippen LogP contribution in [0, 0.1) is 11.3 Å². The predicted molar refractivity (Wildman–Crippen MR) is 81.7 cm³/mol. The highest BCUT2D eigenvalue weighted by Crippen LogP contribution is 2.35. The molecule has 2 heterocycles. The topological polar surface area (TPSA) is 56.7 Å². The van der Waals surface area contributed by atoms with Gasteiger partial charge in [0.1, 0.15) is 0 Å². The molecule has 1 unspecified atom stereocenters. The van der Waals surface area contributed by atoms with Crippen molar-refractivity contribution in [1.29, 1.82) is 0 Å². The van der Waals surface area contributed by atoms with E-state index in [0.717, 1.165) is 51.5 Å². The van der Waals surface area contributed by atoms with Crippen molar-refractivity contribution in [1.82, 2.24) is 15.5 Å². The lowest BCUT2D eigenvalue weighted by Gasteiger charge is -2.40. The maximum Gasteiger partial charge on any atom is 0.220 e. The van der Waals surface area contributed by atoms with E-state index in [1.165, 1.54) is 0 Å². The van der Waals surface area contributed by atoms with Gasteiger partial charge in [-0.25, -0.2) is 0 Å². The quantitative estimate of drug-likeness (QED) is 0.603. The fourth-order valence-electron chi connectivity index (χ4n) is 3.12. The highest BCUT2D eigenvalue weighted by Gasteiger charge is 2.42. The number of guanidine groups is 1. The van der Waals surface area contributed by atoms with Gasteiger partial charge in [0.05, 0.1) is 0 Å². The first-order valence-corrected chi connectivity index (χ1v) is 7.84. The molecule has 0 aromatic carbocycles. The molecule has 2 fully saturated rings. The number of likely N-dealkylation sites (tertiary alicyclic amines) is 1. The van der Waals surface area contributed by atoms with Crippen LogP contribution in [0.25, 0.3) is 0 Å². The second-order valence-corrected chi connectivity index (χ2v) is 6.57. The minimum atomic E-state index is 0.128. The zero-order chi connectivity index (χ0) is 14.6. The van der Waals surface area contributed by atoms with Crippen LogP contribution < -0.4 is 10.6 Å². The van der Waals surface area contributed by atoms with Gasteiger partial charge in [-0.05, 0) is 25.7 Å². The molecule has 0 aromatic heterocycles. The minimum Gasteiger partial charge on any atom is -0.357 e. The summed E-state index contributed by atoms with van der Waals surface area (Å²) in [7, 11) is 0. The van der Waals surface area contributed by atoms with E-state index in [2.05, 4.69) is 36.3 Å². The van der Waals surface area contributed by atoms with Crippen LogP contribution in [-0.4, -0.2) is 49.5 Å². The number of nitrogens with zero attached hydrogens (tertiary/aromatic N) is 2. The molecule has 1 amide bonds. The van der Waals surface area contributed by atoms with Crippen molar-refractivity contribution in [3.05, 3.63) is 0 Å². The first-order valence-electron chi connectivity index (χ1n) is 7.84. The molecule has 1 atom stereocenters. The lowest BCUT2D eigenvalue weighted by Crippen LogP contribution is -2.51.